The lowest BCUT2D eigenvalue weighted by Crippen LogP contribution is -2.17. The van der Waals surface area contributed by atoms with Crippen molar-refractivity contribution in [1.82, 2.24) is 20.2 Å². The van der Waals surface area contributed by atoms with Gasteiger partial charge in [0.05, 0.1) is 21.3 Å². The van der Waals surface area contributed by atoms with Gasteiger partial charge in [-0.15, -0.1) is 0 Å². The number of fused-ring (bicyclic) bond motifs is 1. The maximum atomic E-state index is 15.3. The summed E-state index contributed by atoms with van der Waals surface area (Å²) in [6.07, 6.45) is 16.6. The van der Waals surface area contributed by atoms with Crippen LogP contribution >= 0.6 is 23.2 Å². The van der Waals surface area contributed by atoms with E-state index in [0.29, 0.717) is 44.0 Å². The molecular weight excluding hydrogens is 550 g/mol. The molecule has 3 heterocycles. The summed E-state index contributed by atoms with van der Waals surface area (Å²) in [5.41, 5.74) is 2.22. The van der Waals surface area contributed by atoms with Gasteiger partial charge in [0.2, 0.25) is 5.88 Å². The third kappa shape index (κ3) is 7.12. The highest BCUT2D eigenvalue weighted by molar-refractivity contribution is 6.35. The average molecular weight is 584 g/mol. The van der Waals surface area contributed by atoms with Gasteiger partial charge in [0, 0.05) is 47.2 Å². The maximum Gasteiger partial charge on any atom is 0.213 e. The number of hydrogen-bond acceptors (Lipinski definition) is 5. The fourth-order valence-corrected chi connectivity index (χ4v) is 5.80. The van der Waals surface area contributed by atoms with E-state index in [9.17, 15) is 0 Å². The molecule has 5 rings (SSSR count). The number of ether oxygens (including phenoxy) is 2. The first-order valence-electron chi connectivity index (χ1n) is 13.9. The summed E-state index contributed by atoms with van der Waals surface area (Å²) in [6.45, 7) is 1.85. The average Bonchev–Trinajstić information content (AvgIpc) is 3.34. The highest BCUT2D eigenvalue weighted by atomic mass is 35.5. The van der Waals surface area contributed by atoms with Crippen molar-refractivity contribution < 1.29 is 13.9 Å². The topological polar surface area (TPSA) is 72.9 Å². The standard InChI is InChI=1S/C31H33Cl2FN4O2/c1-20(31-25(32)18-35-19-26(31)33)39-23-12-13-28-24(15-23)29(38-37-28)16-27(34)21-11-14-30(36-17-21)40-22-9-7-5-3-2-4-6-8-10-22/h11-20,22H,2-10H2,1H3,(H,37,38)/b27-16-/t20-/m1/s1. The number of rotatable bonds is 7. The van der Waals surface area contributed by atoms with E-state index in [0.717, 1.165) is 18.2 Å². The number of nitrogens with one attached hydrogen (secondary N) is 1. The van der Waals surface area contributed by atoms with Crippen molar-refractivity contribution in [2.45, 2.75) is 76.9 Å². The zero-order valence-electron chi connectivity index (χ0n) is 22.5. The molecule has 0 unspecified atom stereocenters. The van der Waals surface area contributed by atoms with E-state index in [4.69, 9.17) is 32.7 Å². The van der Waals surface area contributed by atoms with Gasteiger partial charge in [0.25, 0.3) is 0 Å². The third-order valence-electron chi connectivity index (χ3n) is 7.29. The summed E-state index contributed by atoms with van der Waals surface area (Å²) in [6, 6.07) is 8.87. The first kappa shape index (κ1) is 28.4. The van der Waals surface area contributed by atoms with Gasteiger partial charge >= 0.3 is 0 Å². The van der Waals surface area contributed by atoms with Crippen LogP contribution in [0.2, 0.25) is 10.0 Å². The van der Waals surface area contributed by atoms with Crippen LogP contribution in [0.4, 0.5) is 4.39 Å². The van der Waals surface area contributed by atoms with E-state index in [1.165, 1.54) is 69.6 Å². The van der Waals surface area contributed by atoms with Crippen molar-refractivity contribution in [3.8, 4) is 11.6 Å². The van der Waals surface area contributed by atoms with E-state index >= 15 is 4.39 Å². The van der Waals surface area contributed by atoms with Gasteiger partial charge in [-0.05, 0) is 56.9 Å². The minimum absolute atomic E-state index is 0.165. The lowest BCUT2D eigenvalue weighted by Gasteiger charge is -2.19. The lowest BCUT2D eigenvalue weighted by atomic mass is 9.99. The van der Waals surface area contributed by atoms with Crippen molar-refractivity contribution in [3.05, 3.63) is 75.8 Å². The zero-order chi connectivity index (χ0) is 27.9. The SMILES string of the molecule is C[C@@H](Oc1ccc2n[nH]c(/C=C(\F)c3ccc(OC4CCCCCCCCC4)nc3)c2c1)c1c(Cl)cncc1Cl. The van der Waals surface area contributed by atoms with Crippen LogP contribution < -0.4 is 9.47 Å². The molecule has 1 fully saturated rings. The molecule has 1 aromatic carbocycles. The highest BCUT2D eigenvalue weighted by Gasteiger charge is 2.17. The summed E-state index contributed by atoms with van der Waals surface area (Å²) in [7, 11) is 0. The first-order chi connectivity index (χ1) is 19.5. The van der Waals surface area contributed by atoms with Gasteiger partial charge in [-0.25, -0.2) is 9.37 Å². The summed E-state index contributed by atoms with van der Waals surface area (Å²) in [4.78, 5) is 8.39. The number of hydrogen-bond donors (Lipinski definition) is 1. The monoisotopic (exact) mass is 582 g/mol. The van der Waals surface area contributed by atoms with Crippen molar-refractivity contribution >= 4 is 46.0 Å². The second-order valence-corrected chi connectivity index (χ2v) is 11.1. The Balaban J connectivity index is 1.28. The Hall–Kier alpha value is -3.16. The van der Waals surface area contributed by atoms with Crippen LogP contribution in [0.3, 0.4) is 0 Å². The molecule has 4 aromatic rings. The summed E-state index contributed by atoms with van der Waals surface area (Å²) >= 11 is 12.6. The largest absolute Gasteiger partial charge is 0.486 e. The molecule has 3 aromatic heterocycles. The molecule has 0 amide bonds. The minimum Gasteiger partial charge on any atom is -0.486 e. The molecule has 0 aliphatic heterocycles. The molecule has 0 bridgehead atoms. The number of aromatic amines is 1. The smallest absolute Gasteiger partial charge is 0.213 e. The Morgan fingerprint density at radius 3 is 2.35 bits per heavy atom. The van der Waals surface area contributed by atoms with E-state index in [-0.39, 0.29) is 6.10 Å². The molecule has 1 atom stereocenters. The normalized spacial score (nSPS) is 16.6. The third-order valence-corrected chi connectivity index (χ3v) is 7.89. The summed E-state index contributed by atoms with van der Waals surface area (Å²) in [5, 5.41) is 8.78. The fourth-order valence-electron chi connectivity index (χ4n) is 5.13. The molecule has 6 nitrogen and oxygen atoms in total. The summed E-state index contributed by atoms with van der Waals surface area (Å²) in [5.74, 6) is 0.679. The molecule has 40 heavy (non-hydrogen) atoms. The van der Waals surface area contributed by atoms with Gasteiger partial charge in [0.1, 0.15) is 23.8 Å². The van der Waals surface area contributed by atoms with Gasteiger partial charge in [-0.3, -0.25) is 10.1 Å². The molecule has 1 aliphatic rings. The molecule has 0 radical (unpaired) electrons. The molecular formula is C31H33Cl2FN4O2. The maximum absolute atomic E-state index is 15.3. The Bertz CT molecular complexity index is 1430. The van der Waals surface area contributed by atoms with Crippen LogP contribution in [-0.4, -0.2) is 26.3 Å². The Kier molecular flexibility index (Phi) is 9.55. The first-order valence-corrected chi connectivity index (χ1v) is 14.7. The molecule has 9 heteroatoms. The molecule has 0 saturated heterocycles. The van der Waals surface area contributed by atoms with Crippen LogP contribution in [0.5, 0.6) is 11.6 Å². The van der Waals surface area contributed by atoms with Crippen LogP contribution in [0, 0.1) is 0 Å². The van der Waals surface area contributed by atoms with Crippen molar-refractivity contribution in [2.24, 2.45) is 0 Å². The van der Waals surface area contributed by atoms with Gasteiger partial charge in [-0.1, -0.05) is 55.3 Å². The van der Waals surface area contributed by atoms with Crippen molar-refractivity contribution in [1.29, 1.82) is 0 Å². The number of pyridine rings is 2. The number of halogens is 3. The van der Waals surface area contributed by atoms with Gasteiger partial charge in [-0.2, -0.15) is 5.10 Å². The van der Waals surface area contributed by atoms with E-state index < -0.39 is 11.9 Å². The quantitative estimate of drug-likeness (QED) is 0.235. The van der Waals surface area contributed by atoms with Crippen LogP contribution in [0.1, 0.15) is 87.6 Å². The van der Waals surface area contributed by atoms with Gasteiger partial charge < -0.3 is 9.47 Å². The van der Waals surface area contributed by atoms with Crippen LogP contribution in [0.15, 0.2) is 48.9 Å². The fraction of sp³-hybridized carbons (Fsp3) is 0.387. The molecule has 210 valence electrons. The highest BCUT2D eigenvalue weighted by Crippen LogP contribution is 2.34. The number of aromatic nitrogens is 4. The van der Waals surface area contributed by atoms with E-state index in [2.05, 4.69) is 20.2 Å². The van der Waals surface area contributed by atoms with E-state index in [1.54, 1.807) is 18.2 Å². The van der Waals surface area contributed by atoms with E-state index in [1.807, 2.05) is 19.1 Å². The van der Waals surface area contributed by atoms with Crippen LogP contribution in [0.25, 0.3) is 22.8 Å². The predicted octanol–water partition coefficient (Wildman–Crippen LogP) is 9.54. The molecule has 1 saturated carbocycles. The molecule has 1 N–H and O–H groups in total. The molecule has 0 spiro atoms. The Morgan fingerprint density at radius 1 is 0.975 bits per heavy atom. The predicted molar refractivity (Wildman–Crippen MR) is 159 cm³/mol. The number of H-pyrrole nitrogens is 1. The summed E-state index contributed by atoms with van der Waals surface area (Å²) < 4.78 is 27.6. The van der Waals surface area contributed by atoms with Crippen molar-refractivity contribution in [2.75, 3.05) is 0 Å². The lowest BCUT2D eigenvalue weighted by molar-refractivity contribution is 0.164. The Labute approximate surface area is 243 Å². The number of nitrogens with zero attached hydrogens (tertiary/aromatic N) is 3. The minimum atomic E-state index is -0.432. The molecule has 1 aliphatic carbocycles. The number of benzene rings is 1. The Morgan fingerprint density at radius 2 is 1.68 bits per heavy atom. The van der Waals surface area contributed by atoms with Gasteiger partial charge in [0.15, 0.2) is 0 Å². The van der Waals surface area contributed by atoms with Crippen molar-refractivity contribution in [3.63, 3.8) is 0 Å². The van der Waals surface area contributed by atoms with Crippen LogP contribution in [-0.2, 0) is 0 Å². The second-order valence-electron chi connectivity index (χ2n) is 10.3. The zero-order valence-corrected chi connectivity index (χ0v) is 24.0. The second kappa shape index (κ2) is 13.5.